The maximum absolute atomic E-state index is 12.8. The number of rotatable bonds is 4. The van der Waals surface area contributed by atoms with Crippen LogP contribution in [0.1, 0.15) is 18.4 Å². The van der Waals surface area contributed by atoms with E-state index in [0.717, 1.165) is 18.4 Å². The van der Waals surface area contributed by atoms with Gasteiger partial charge in [0.1, 0.15) is 5.82 Å². The zero-order valence-electron chi connectivity index (χ0n) is 12.2. The molecule has 0 N–H and O–H groups in total. The number of sulfonamides is 1. The lowest BCUT2D eigenvalue weighted by molar-refractivity contribution is -0.131. The van der Waals surface area contributed by atoms with Crippen LogP contribution in [0.5, 0.6) is 0 Å². The molecule has 1 aliphatic carbocycles. The Morgan fingerprint density at radius 3 is 2.23 bits per heavy atom. The molecule has 1 aromatic rings. The van der Waals surface area contributed by atoms with E-state index in [4.69, 9.17) is 0 Å². The molecular weight excluding hydrogens is 307 g/mol. The fourth-order valence-corrected chi connectivity index (χ4v) is 4.48. The highest BCUT2D eigenvalue weighted by atomic mass is 32.2. The standard InChI is InChI=1S/C15H19FN2O3S/c16-13-3-1-12(2-4-13)11-15(19)17-7-9-18(10-8-17)22(20,21)14-5-6-14/h1-4,14H,5-11H2. The van der Waals surface area contributed by atoms with Crippen LogP contribution in [0, 0.1) is 5.82 Å². The van der Waals surface area contributed by atoms with Gasteiger partial charge < -0.3 is 4.90 Å². The zero-order valence-corrected chi connectivity index (χ0v) is 13.1. The molecule has 1 aliphatic heterocycles. The van der Waals surface area contributed by atoms with Gasteiger partial charge in [-0.15, -0.1) is 0 Å². The number of nitrogens with zero attached hydrogens (tertiary/aromatic N) is 2. The summed E-state index contributed by atoms with van der Waals surface area (Å²) in [7, 11) is -3.15. The summed E-state index contributed by atoms with van der Waals surface area (Å²) in [5.74, 6) is -0.370. The molecule has 0 aromatic heterocycles. The molecule has 1 saturated heterocycles. The summed E-state index contributed by atoms with van der Waals surface area (Å²) in [5.41, 5.74) is 0.763. The average Bonchev–Trinajstić information content (AvgIpc) is 3.35. The van der Waals surface area contributed by atoms with Gasteiger partial charge in [-0.1, -0.05) is 12.1 Å². The fraction of sp³-hybridized carbons (Fsp3) is 0.533. The van der Waals surface area contributed by atoms with Crippen LogP contribution in [0.15, 0.2) is 24.3 Å². The topological polar surface area (TPSA) is 57.7 Å². The molecule has 22 heavy (non-hydrogen) atoms. The van der Waals surface area contributed by atoms with Gasteiger partial charge in [0, 0.05) is 26.2 Å². The molecule has 0 radical (unpaired) electrons. The molecule has 5 nitrogen and oxygen atoms in total. The van der Waals surface area contributed by atoms with Crippen molar-refractivity contribution in [1.82, 2.24) is 9.21 Å². The van der Waals surface area contributed by atoms with Crippen molar-refractivity contribution in [2.45, 2.75) is 24.5 Å². The van der Waals surface area contributed by atoms with Crippen molar-refractivity contribution < 1.29 is 17.6 Å². The van der Waals surface area contributed by atoms with Crippen LogP contribution in [-0.4, -0.2) is 55.0 Å². The third-order valence-electron chi connectivity index (χ3n) is 4.17. The fourth-order valence-electron chi connectivity index (χ4n) is 2.66. The highest BCUT2D eigenvalue weighted by molar-refractivity contribution is 7.90. The predicted octanol–water partition coefficient (Wildman–Crippen LogP) is 1.00. The molecule has 0 atom stereocenters. The second-order valence-corrected chi connectivity index (χ2v) is 8.04. The van der Waals surface area contributed by atoms with Gasteiger partial charge in [-0.2, -0.15) is 4.31 Å². The van der Waals surface area contributed by atoms with E-state index < -0.39 is 10.0 Å². The molecule has 0 spiro atoms. The Kier molecular flexibility index (Phi) is 4.18. The number of halogens is 1. The quantitative estimate of drug-likeness (QED) is 0.829. The van der Waals surface area contributed by atoms with Crippen LogP contribution in [0.3, 0.4) is 0 Å². The van der Waals surface area contributed by atoms with Crippen LogP contribution < -0.4 is 0 Å². The van der Waals surface area contributed by atoms with Gasteiger partial charge in [-0.3, -0.25) is 4.79 Å². The van der Waals surface area contributed by atoms with Crippen LogP contribution in [0.25, 0.3) is 0 Å². The minimum atomic E-state index is -3.15. The lowest BCUT2D eigenvalue weighted by Crippen LogP contribution is -2.51. The summed E-state index contributed by atoms with van der Waals surface area (Å²) in [4.78, 5) is 13.9. The molecule has 2 fully saturated rings. The Hall–Kier alpha value is -1.47. The van der Waals surface area contributed by atoms with Crippen LogP contribution in [0.2, 0.25) is 0 Å². The minimum absolute atomic E-state index is 0.0462. The van der Waals surface area contributed by atoms with Gasteiger partial charge >= 0.3 is 0 Å². The van der Waals surface area contributed by atoms with Gasteiger partial charge in [0.2, 0.25) is 15.9 Å². The number of hydrogen-bond donors (Lipinski definition) is 0. The van der Waals surface area contributed by atoms with E-state index in [1.807, 2.05) is 0 Å². The monoisotopic (exact) mass is 326 g/mol. The summed E-state index contributed by atoms with van der Waals surface area (Å²) in [6.07, 6.45) is 1.73. The van der Waals surface area contributed by atoms with Crippen LogP contribution in [0.4, 0.5) is 4.39 Å². The minimum Gasteiger partial charge on any atom is -0.340 e. The number of hydrogen-bond acceptors (Lipinski definition) is 3. The van der Waals surface area contributed by atoms with E-state index in [9.17, 15) is 17.6 Å². The first-order chi connectivity index (χ1) is 10.5. The number of carbonyl (C=O) groups excluding carboxylic acids is 1. The van der Waals surface area contributed by atoms with Crippen molar-refractivity contribution in [1.29, 1.82) is 0 Å². The van der Waals surface area contributed by atoms with Crippen LogP contribution >= 0.6 is 0 Å². The second kappa shape index (κ2) is 5.96. The predicted molar refractivity (Wildman–Crippen MR) is 80.2 cm³/mol. The SMILES string of the molecule is O=C(Cc1ccc(F)cc1)N1CCN(S(=O)(=O)C2CC2)CC1. The van der Waals surface area contributed by atoms with Crippen molar-refractivity contribution in [3.8, 4) is 0 Å². The first kappa shape index (κ1) is 15.4. The average molecular weight is 326 g/mol. The Morgan fingerprint density at radius 1 is 1.09 bits per heavy atom. The molecule has 1 amide bonds. The summed E-state index contributed by atoms with van der Waals surface area (Å²) >= 11 is 0. The van der Waals surface area contributed by atoms with Gasteiger partial charge in [-0.25, -0.2) is 12.8 Å². The van der Waals surface area contributed by atoms with E-state index in [0.29, 0.717) is 26.2 Å². The number of amides is 1. The molecule has 7 heteroatoms. The zero-order chi connectivity index (χ0) is 15.7. The molecule has 1 heterocycles. The highest BCUT2D eigenvalue weighted by Gasteiger charge is 2.41. The maximum Gasteiger partial charge on any atom is 0.227 e. The van der Waals surface area contributed by atoms with Crippen LogP contribution in [-0.2, 0) is 21.2 Å². The van der Waals surface area contributed by atoms with Gasteiger partial charge in [-0.05, 0) is 30.5 Å². The Morgan fingerprint density at radius 2 is 1.68 bits per heavy atom. The summed E-state index contributed by atoms with van der Waals surface area (Å²) < 4.78 is 38.6. The van der Waals surface area contributed by atoms with E-state index >= 15 is 0 Å². The van der Waals surface area contributed by atoms with E-state index in [1.54, 1.807) is 17.0 Å². The van der Waals surface area contributed by atoms with Gasteiger partial charge in [0.15, 0.2) is 0 Å². The second-order valence-electron chi connectivity index (χ2n) is 5.83. The molecule has 120 valence electrons. The van der Waals surface area contributed by atoms with Gasteiger partial charge in [0.05, 0.1) is 11.7 Å². The Balaban J connectivity index is 1.54. The normalized spacial score (nSPS) is 20.1. The molecule has 0 bridgehead atoms. The molecule has 2 aliphatic rings. The van der Waals surface area contributed by atoms with E-state index in [-0.39, 0.29) is 23.4 Å². The van der Waals surface area contributed by atoms with E-state index in [1.165, 1.54) is 16.4 Å². The first-order valence-corrected chi connectivity index (χ1v) is 8.98. The lowest BCUT2D eigenvalue weighted by atomic mass is 10.1. The first-order valence-electron chi connectivity index (χ1n) is 7.48. The van der Waals surface area contributed by atoms with Crippen molar-refractivity contribution in [3.63, 3.8) is 0 Å². The number of piperazine rings is 1. The third-order valence-corrected chi connectivity index (χ3v) is 6.56. The number of carbonyl (C=O) groups is 1. The molecule has 3 rings (SSSR count). The van der Waals surface area contributed by atoms with Crippen molar-refractivity contribution in [3.05, 3.63) is 35.6 Å². The molecule has 1 aromatic carbocycles. The Labute approximate surface area is 129 Å². The maximum atomic E-state index is 12.8. The summed E-state index contributed by atoms with van der Waals surface area (Å²) in [6, 6.07) is 5.87. The summed E-state index contributed by atoms with van der Waals surface area (Å²) in [6.45, 7) is 1.58. The van der Waals surface area contributed by atoms with Gasteiger partial charge in [0.25, 0.3) is 0 Å². The largest absolute Gasteiger partial charge is 0.340 e. The third kappa shape index (κ3) is 3.30. The van der Waals surface area contributed by atoms with Crippen molar-refractivity contribution >= 4 is 15.9 Å². The lowest BCUT2D eigenvalue weighted by Gasteiger charge is -2.34. The molecular formula is C15H19FN2O3S. The Bertz CT molecular complexity index is 648. The molecule has 0 unspecified atom stereocenters. The summed E-state index contributed by atoms with van der Waals surface area (Å²) in [5, 5.41) is -0.200. The highest BCUT2D eigenvalue weighted by Crippen LogP contribution is 2.31. The van der Waals surface area contributed by atoms with Crippen molar-refractivity contribution in [2.24, 2.45) is 0 Å². The van der Waals surface area contributed by atoms with E-state index in [2.05, 4.69) is 0 Å². The smallest absolute Gasteiger partial charge is 0.227 e. The molecule has 1 saturated carbocycles. The van der Waals surface area contributed by atoms with Crippen molar-refractivity contribution in [2.75, 3.05) is 26.2 Å². The number of benzene rings is 1.